The molecule has 0 amide bonds. The Balaban J connectivity index is 0.000000219. The summed E-state index contributed by atoms with van der Waals surface area (Å²) in [5.41, 5.74) is 7.66. The average molecular weight is 1180 g/mol. The molecule has 75 heavy (non-hydrogen) atoms. The number of aliphatic hydroxyl groups excluding tert-OH is 3. The molecule has 26 heteroatoms. The lowest BCUT2D eigenvalue weighted by Gasteiger charge is -2.38. The van der Waals surface area contributed by atoms with Gasteiger partial charge in [0.1, 0.15) is 32.1 Å². The van der Waals surface area contributed by atoms with Crippen LogP contribution >= 0.6 is 45.5 Å². The van der Waals surface area contributed by atoms with Crippen molar-refractivity contribution in [2.45, 2.75) is 71.6 Å². The SMILES string of the molecule is CCc1ccc(S(=O)(=O)N2CCC(N(c3cccc(CO)n3)S(=O)(=O)c3ccccc3Cl)CC2)cc1.Nc1cccc(CO)n1.O=S(=O)(Cl)c1ccccc1Cl.O=S(=O)(Nc1cccc(CO)n1)c1ccccc1Cl. The number of halogens is 4. The summed E-state index contributed by atoms with van der Waals surface area (Å²) in [6, 6.07) is 39.2. The van der Waals surface area contributed by atoms with Crippen molar-refractivity contribution in [1.29, 1.82) is 0 Å². The second-order valence-electron chi connectivity index (χ2n) is 15.8. The number of nitrogens with two attached hydrogens (primary N) is 1. The number of nitrogen functional groups attached to an aromatic ring is 1. The largest absolute Gasteiger partial charge is 0.390 e. The number of aliphatic hydroxyl groups is 3. The Morgan fingerprint density at radius 3 is 1.52 bits per heavy atom. The molecule has 4 heterocycles. The second-order valence-corrected chi connectivity index (χ2v) is 24.9. The Bertz CT molecular complexity index is 3490. The van der Waals surface area contributed by atoms with Crippen molar-refractivity contribution in [3.8, 4) is 0 Å². The van der Waals surface area contributed by atoms with Gasteiger partial charge in [-0.3, -0.25) is 4.72 Å². The lowest BCUT2D eigenvalue weighted by atomic mass is 10.1. The van der Waals surface area contributed by atoms with Gasteiger partial charge in [0.25, 0.3) is 29.1 Å². The van der Waals surface area contributed by atoms with Gasteiger partial charge in [-0.2, -0.15) is 4.31 Å². The Hall–Kier alpha value is -5.47. The zero-order valence-electron chi connectivity index (χ0n) is 39.7. The van der Waals surface area contributed by atoms with Gasteiger partial charge in [-0.25, -0.2) is 52.9 Å². The predicted molar refractivity (Wildman–Crippen MR) is 290 cm³/mol. The number of nitrogens with one attached hydrogen (secondary N) is 1. The van der Waals surface area contributed by atoms with E-state index >= 15 is 0 Å². The molecular weight excluding hydrogens is 1130 g/mol. The van der Waals surface area contributed by atoms with E-state index in [9.17, 15) is 38.8 Å². The summed E-state index contributed by atoms with van der Waals surface area (Å²) in [7, 11) is -10.3. The molecule has 0 aliphatic carbocycles. The summed E-state index contributed by atoms with van der Waals surface area (Å²) in [6.07, 6.45) is 1.34. The maximum Gasteiger partial charge on any atom is 0.267 e. The quantitative estimate of drug-likeness (QED) is 0.0641. The normalized spacial score (nSPS) is 13.2. The number of rotatable bonds is 14. The Morgan fingerprint density at radius 2 is 1.05 bits per heavy atom. The van der Waals surface area contributed by atoms with Crippen LogP contribution in [0.4, 0.5) is 17.5 Å². The lowest BCUT2D eigenvalue weighted by Crippen LogP contribution is -2.49. The maximum absolute atomic E-state index is 13.8. The summed E-state index contributed by atoms with van der Waals surface area (Å²) < 4.78 is 105. The van der Waals surface area contributed by atoms with Crippen LogP contribution in [0.1, 0.15) is 42.4 Å². The number of anilines is 3. The van der Waals surface area contributed by atoms with E-state index in [1.54, 1.807) is 109 Å². The van der Waals surface area contributed by atoms with Gasteiger partial charge in [0.2, 0.25) is 10.0 Å². The van der Waals surface area contributed by atoms with Crippen molar-refractivity contribution in [3.63, 3.8) is 0 Å². The molecule has 1 saturated heterocycles. The van der Waals surface area contributed by atoms with E-state index < -0.39 is 45.2 Å². The van der Waals surface area contributed by atoms with Crippen LogP contribution in [0, 0.1) is 0 Å². The van der Waals surface area contributed by atoms with Gasteiger partial charge in [0, 0.05) is 29.8 Å². The first kappa shape index (κ1) is 60.4. The third kappa shape index (κ3) is 16.8. The first-order valence-electron chi connectivity index (χ1n) is 22.4. The number of aromatic nitrogens is 3. The molecule has 0 atom stereocenters. The zero-order valence-corrected chi connectivity index (χ0v) is 46.0. The van der Waals surface area contributed by atoms with Gasteiger partial charge >= 0.3 is 0 Å². The topological polar surface area (TPSA) is 280 Å². The number of sulfonamides is 3. The highest BCUT2D eigenvalue weighted by Crippen LogP contribution is 2.34. The van der Waals surface area contributed by atoms with Gasteiger partial charge in [-0.15, -0.1) is 0 Å². The molecule has 0 bridgehead atoms. The van der Waals surface area contributed by atoms with E-state index in [4.69, 9.17) is 61.4 Å². The first-order chi connectivity index (χ1) is 35.5. The summed E-state index contributed by atoms with van der Waals surface area (Å²) in [5, 5.41) is 27.4. The molecule has 7 aromatic rings. The van der Waals surface area contributed by atoms with Crippen LogP contribution in [-0.4, -0.2) is 87.4 Å². The van der Waals surface area contributed by atoms with Crippen LogP contribution in [0.25, 0.3) is 0 Å². The van der Waals surface area contributed by atoms with E-state index in [0.29, 0.717) is 22.9 Å². The molecular formula is C49H51Cl4N7O11S4. The summed E-state index contributed by atoms with van der Waals surface area (Å²) in [5.74, 6) is 0.728. The number of pyridine rings is 3. The van der Waals surface area contributed by atoms with Crippen molar-refractivity contribution in [3.05, 3.63) is 189 Å². The minimum atomic E-state index is -4.13. The van der Waals surface area contributed by atoms with Crippen LogP contribution < -0.4 is 14.8 Å². The molecule has 3 aromatic heterocycles. The standard InChI is InChI=1S/C25H28ClN3O5S2.C12H11ClN2O3S.C6H4Cl2O2S.C6H8N2O/c1-2-19-10-12-22(13-11-19)35(31,32)28-16-14-21(15-17-28)29(25-9-5-6-20(18-30)27-25)36(33,34)24-8-4-3-7-23(24)26;13-10-5-1-2-6-11(10)19(17,18)15-12-7-3-4-9(8-16)14-12;7-5-3-1-2-4-6(5)11(8,9)10;7-6-3-1-2-5(4-9)8-6/h3-13,21,30H,2,14-18H2,1H3;1-7,16H,8H2,(H,14,15);1-4H;1-3,9H,4H2,(H2,7,8). The average Bonchev–Trinajstić information content (AvgIpc) is 3.39. The van der Waals surface area contributed by atoms with Crippen molar-refractivity contribution < 1.29 is 49.0 Å². The van der Waals surface area contributed by atoms with E-state index in [-0.39, 0.29) is 92.0 Å². The Labute approximate surface area is 456 Å². The number of hydrogen-bond donors (Lipinski definition) is 5. The van der Waals surface area contributed by atoms with Gasteiger partial charge in [0.15, 0.2) is 0 Å². The van der Waals surface area contributed by atoms with Crippen molar-refractivity contribution in [1.82, 2.24) is 19.3 Å². The van der Waals surface area contributed by atoms with E-state index in [1.165, 1.54) is 51.1 Å². The minimum Gasteiger partial charge on any atom is -0.390 e. The van der Waals surface area contributed by atoms with Gasteiger partial charge < -0.3 is 21.1 Å². The molecule has 1 aliphatic rings. The van der Waals surface area contributed by atoms with Crippen molar-refractivity contribution >= 4 is 102 Å². The van der Waals surface area contributed by atoms with Crippen LogP contribution in [0.5, 0.6) is 0 Å². The van der Waals surface area contributed by atoms with Crippen LogP contribution in [-0.2, 0) is 65.4 Å². The monoisotopic (exact) mass is 1180 g/mol. The first-order valence-corrected chi connectivity index (χ1v) is 30.2. The molecule has 4 aromatic carbocycles. The summed E-state index contributed by atoms with van der Waals surface area (Å²) in [4.78, 5) is 12.2. The molecule has 400 valence electrons. The Morgan fingerprint density at radius 1 is 0.587 bits per heavy atom. The van der Waals surface area contributed by atoms with Gasteiger partial charge in [-0.05, 0) is 110 Å². The third-order valence-corrected chi connectivity index (χ3v) is 18.6. The lowest BCUT2D eigenvalue weighted by molar-refractivity contribution is 0.276. The number of aryl methyl sites for hydroxylation is 1. The van der Waals surface area contributed by atoms with Gasteiger partial charge in [0.05, 0.1) is 56.9 Å². The molecule has 0 spiro atoms. The van der Waals surface area contributed by atoms with Crippen LogP contribution in [0.15, 0.2) is 171 Å². The molecule has 6 N–H and O–H groups in total. The van der Waals surface area contributed by atoms with Gasteiger partial charge in [-0.1, -0.05) is 108 Å². The van der Waals surface area contributed by atoms with Crippen molar-refractivity contribution in [2.24, 2.45) is 0 Å². The van der Waals surface area contributed by atoms with Crippen molar-refractivity contribution in [2.75, 3.05) is 27.9 Å². The highest BCUT2D eigenvalue weighted by molar-refractivity contribution is 8.13. The number of nitrogens with zero attached hydrogens (tertiary/aromatic N) is 5. The number of hydrogen-bond acceptors (Lipinski definition) is 15. The highest BCUT2D eigenvalue weighted by Gasteiger charge is 2.38. The second kappa shape index (κ2) is 27.5. The smallest absolute Gasteiger partial charge is 0.267 e. The fourth-order valence-electron chi connectivity index (χ4n) is 7.02. The fourth-order valence-corrected chi connectivity index (χ4v) is 13.7. The maximum atomic E-state index is 13.8. The fraction of sp³-hybridized carbons (Fsp3) is 0.204. The Kier molecular flexibility index (Phi) is 22.2. The molecule has 18 nitrogen and oxygen atoms in total. The van der Waals surface area contributed by atoms with E-state index in [1.807, 2.05) is 6.92 Å². The highest BCUT2D eigenvalue weighted by atomic mass is 35.7. The van der Waals surface area contributed by atoms with Crippen LogP contribution in [0.2, 0.25) is 15.1 Å². The van der Waals surface area contributed by atoms with E-state index in [2.05, 4.69) is 19.7 Å². The molecule has 0 unspecified atom stereocenters. The van der Waals surface area contributed by atoms with Crippen LogP contribution in [0.3, 0.4) is 0 Å². The molecule has 8 rings (SSSR count). The summed E-state index contributed by atoms with van der Waals surface area (Å²) >= 11 is 17.7. The zero-order chi connectivity index (χ0) is 55.0. The molecule has 1 fully saturated rings. The minimum absolute atomic E-state index is 0.0205. The molecule has 1 aliphatic heterocycles. The molecule has 0 radical (unpaired) electrons. The number of benzene rings is 4. The predicted octanol–water partition coefficient (Wildman–Crippen LogP) is 8.29. The molecule has 0 saturated carbocycles. The third-order valence-electron chi connectivity index (χ3n) is 10.7. The van der Waals surface area contributed by atoms with E-state index in [0.717, 1.165) is 12.0 Å². The summed E-state index contributed by atoms with van der Waals surface area (Å²) in [6.45, 7) is 1.64. The number of piperidine rings is 1.